The third-order valence-corrected chi connectivity index (χ3v) is 2.77. The number of rotatable bonds is 7. The number of benzene rings is 1. The molecule has 3 nitrogen and oxygen atoms in total. The number of allylic oxidation sites excluding steroid dienone is 1. The fourth-order valence-corrected chi connectivity index (χ4v) is 1.73. The van der Waals surface area contributed by atoms with E-state index in [1.807, 2.05) is 36.4 Å². The molecule has 1 atom stereocenters. The Bertz CT molecular complexity index is 460. The maximum atomic E-state index is 11.6. The Morgan fingerprint density at radius 1 is 1.45 bits per heavy atom. The van der Waals surface area contributed by atoms with Crippen LogP contribution in [0, 0.1) is 12.3 Å². The van der Waals surface area contributed by atoms with Crippen molar-refractivity contribution in [3.8, 4) is 12.3 Å². The number of hydrogen-bond acceptors (Lipinski definition) is 2. The Kier molecular flexibility index (Phi) is 7.67. The summed E-state index contributed by atoms with van der Waals surface area (Å²) in [5.41, 5.74) is 1.01. The first kappa shape index (κ1) is 15.8. The van der Waals surface area contributed by atoms with Crippen LogP contribution in [0.4, 0.5) is 4.79 Å². The van der Waals surface area contributed by atoms with Crippen LogP contribution in [0.3, 0.4) is 0 Å². The van der Waals surface area contributed by atoms with Crippen molar-refractivity contribution in [1.82, 2.24) is 5.32 Å². The van der Waals surface area contributed by atoms with Crippen molar-refractivity contribution >= 4 is 6.09 Å². The van der Waals surface area contributed by atoms with Crippen LogP contribution in [0.15, 0.2) is 42.5 Å². The monoisotopic (exact) mass is 271 g/mol. The molecule has 0 aliphatic heterocycles. The van der Waals surface area contributed by atoms with Gasteiger partial charge >= 0.3 is 6.09 Å². The molecule has 1 rings (SSSR count). The number of ether oxygens (including phenoxy) is 1. The van der Waals surface area contributed by atoms with E-state index in [1.165, 1.54) is 0 Å². The molecule has 1 aromatic carbocycles. The lowest BCUT2D eigenvalue weighted by atomic mass is 10.1. The van der Waals surface area contributed by atoms with Crippen LogP contribution < -0.4 is 5.32 Å². The lowest BCUT2D eigenvalue weighted by molar-refractivity contribution is 0.158. The van der Waals surface area contributed by atoms with E-state index >= 15 is 0 Å². The molecular formula is C17H21NO2. The first-order valence-corrected chi connectivity index (χ1v) is 6.86. The molecule has 20 heavy (non-hydrogen) atoms. The molecule has 1 amide bonds. The molecule has 3 heteroatoms. The molecule has 0 heterocycles. The van der Waals surface area contributed by atoms with E-state index in [1.54, 1.807) is 0 Å². The van der Waals surface area contributed by atoms with E-state index in [9.17, 15) is 4.79 Å². The zero-order valence-electron chi connectivity index (χ0n) is 11.8. The summed E-state index contributed by atoms with van der Waals surface area (Å²) in [6.45, 7) is 2.13. The first-order valence-electron chi connectivity index (χ1n) is 6.86. The predicted octanol–water partition coefficient (Wildman–Crippen LogP) is 3.83. The Labute approximate surface area is 121 Å². The summed E-state index contributed by atoms with van der Waals surface area (Å²) in [5.74, 6) is 2.27. The number of alkyl carbamates (subject to hydrolysis) is 1. The Hall–Kier alpha value is -2.21. The normalized spacial score (nSPS) is 11.8. The topological polar surface area (TPSA) is 38.3 Å². The van der Waals surface area contributed by atoms with Gasteiger partial charge in [-0.15, -0.1) is 6.42 Å². The molecule has 1 aromatic rings. The molecule has 0 aliphatic rings. The maximum Gasteiger partial charge on any atom is 0.408 e. The van der Waals surface area contributed by atoms with E-state index in [-0.39, 0.29) is 12.6 Å². The predicted molar refractivity (Wildman–Crippen MR) is 81.2 cm³/mol. The van der Waals surface area contributed by atoms with Gasteiger partial charge in [0.05, 0.1) is 6.04 Å². The fraction of sp³-hybridized carbons (Fsp3) is 0.353. The third kappa shape index (κ3) is 6.10. The summed E-state index contributed by atoms with van der Waals surface area (Å²) in [6, 6.07) is 9.57. The smallest absolute Gasteiger partial charge is 0.408 e. The lowest BCUT2D eigenvalue weighted by Crippen LogP contribution is -2.28. The molecule has 0 spiro atoms. The molecule has 106 valence electrons. The van der Waals surface area contributed by atoms with Crippen molar-refractivity contribution in [3.63, 3.8) is 0 Å². The SMILES string of the molecule is C#CCOC(=O)NC(/C=C/CCCC)c1ccccc1. The minimum Gasteiger partial charge on any atom is -0.436 e. The van der Waals surface area contributed by atoms with E-state index in [0.717, 1.165) is 24.8 Å². The maximum absolute atomic E-state index is 11.6. The van der Waals surface area contributed by atoms with Gasteiger partial charge < -0.3 is 10.1 Å². The van der Waals surface area contributed by atoms with Gasteiger partial charge in [-0.1, -0.05) is 68.2 Å². The minimum atomic E-state index is -0.503. The minimum absolute atomic E-state index is 0.0209. The van der Waals surface area contributed by atoms with Crippen LogP contribution in [-0.4, -0.2) is 12.7 Å². The fourth-order valence-electron chi connectivity index (χ4n) is 1.73. The quantitative estimate of drug-likeness (QED) is 0.465. The van der Waals surface area contributed by atoms with Crippen molar-refractivity contribution in [3.05, 3.63) is 48.0 Å². The third-order valence-electron chi connectivity index (χ3n) is 2.77. The van der Waals surface area contributed by atoms with Gasteiger partial charge in [-0.2, -0.15) is 0 Å². The highest BCUT2D eigenvalue weighted by Crippen LogP contribution is 2.15. The molecule has 0 radical (unpaired) electrons. The number of amides is 1. The number of carbonyl (C=O) groups is 1. The van der Waals surface area contributed by atoms with Gasteiger partial charge in [0.15, 0.2) is 6.61 Å². The van der Waals surface area contributed by atoms with Crippen LogP contribution in [0.2, 0.25) is 0 Å². The van der Waals surface area contributed by atoms with Crippen LogP contribution in [0.5, 0.6) is 0 Å². The highest BCUT2D eigenvalue weighted by atomic mass is 16.5. The molecule has 0 bridgehead atoms. The molecular weight excluding hydrogens is 250 g/mol. The van der Waals surface area contributed by atoms with E-state index < -0.39 is 6.09 Å². The molecule has 0 saturated heterocycles. The van der Waals surface area contributed by atoms with Gasteiger partial charge in [0.2, 0.25) is 0 Å². The zero-order chi connectivity index (χ0) is 14.6. The van der Waals surface area contributed by atoms with Crippen LogP contribution in [0.1, 0.15) is 37.8 Å². The van der Waals surface area contributed by atoms with Crippen LogP contribution >= 0.6 is 0 Å². The Morgan fingerprint density at radius 3 is 2.85 bits per heavy atom. The number of terminal acetylenes is 1. The molecule has 0 fully saturated rings. The zero-order valence-corrected chi connectivity index (χ0v) is 11.8. The van der Waals surface area contributed by atoms with Crippen molar-refractivity contribution in [1.29, 1.82) is 0 Å². The van der Waals surface area contributed by atoms with Crippen molar-refractivity contribution < 1.29 is 9.53 Å². The highest BCUT2D eigenvalue weighted by molar-refractivity contribution is 5.68. The number of unbranched alkanes of at least 4 members (excludes halogenated alkanes) is 2. The van der Waals surface area contributed by atoms with Gasteiger partial charge in [-0.05, 0) is 12.0 Å². The Morgan fingerprint density at radius 2 is 2.20 bits per heavy atom. The molecule has 0 saturated carbocycles. The lowest BCUT2D eigenvalue weighted by Gasteiger charge is -2.15. The average Bonchev–Trinajstić information content (AvgIpc) is 2.49. The van der Waals surface area contributed by atoms with Crippen LogP contribution in [-0.2, 0) is 4.74 Å². The average molecular weight is 271 g/mol. The molecule has 1 N–H and O–H groups in total. The highest BCUT2D eigenvalue weighted by Gasteiger charge is 2.11. The second kappa shape index (κ2) is 9.69. The number of carbonyl (C=O) groups excluding carboxylic acids is 1. The van der Waals surface area contributed by atoms with Crippen molar-refractivity contribution in [2.45, 2.75) is 32.2 Å². The standard InChI is InChI=1S/C17H21NO2/c1-3-5-6-10-13-16(15-11-8-7-9-12-15)18-17(19)20-14-4-2/h2,7-13,16H,3,5-6,14H2,1H3,(H,18,19)/b13-10+. The largest absolute Gasteiger partial charge is 0.436 e. The van der Waals surface area contributed by atoms with Gasteiger partial charge in [-0.3, -0.25) is 0 Å². The van der Waals surface area contributed by atoms with Crippen LogP contribution in [0.25, 0.3) is 0 Å². The second-order valence-electron chi connectivity index (χ2n) is 4.38. The number of hydrogen-bond donors (Lipinski definition) is 1. The van der Waals surface area contributed by atoms with Gasteiger partial charge in [0.25, 0.3) is 0 Å². The Balaban J connectivity index is 2.67. The van der Waals surface area contributed by atoms with E-state index in [2.05, 4.69) is 24.2 Å². The summed E-state index contributed by atoms with van der Waals surface area (Å²) in [7, 11) is 0. The summed E-state index contributed by atoms with van der Waals surface area (Å²) in [5, 5.41) is 2.80. The van der Waals surface area contributed by atoms with Gasteiger partial charge in [0, 0.05) is 0 Å². The van der Waals surface area contributed by atoms with Gasteiger partial charge in [-0.25, -0.2) is 4.79 Å². The van der Waals surface area contributed by atoms with Crippen molar-refractivity contribution in [2.24, 2.45) is 0 Å². The van der Waals surface area contributed by atoms with E-state index in [0.29, 0.717) is 0 Å². The summed E-state index contributed by atoms with van der Waals surface area (Å²) in [6.07, 6.45) is 11.9. The molecule has 0 aromatic heterocycles. The van der Waals surface area contributed by atoms with Crippen molar-refractivity contribution in [2.75, 3.05) is 6.61 Å². The van der Waals surface area contributed by atoms with E-state index in [4.69, 9.17) is 11.2 Å². The molecule has 1 unspecified atom stereocenters. The summed E-state index contributed by atoms with van der Waals surface area (Å²) >= 11 is 0. The summed E-state index contributed by atoms with van der Waals surface area (Å²) < 4.78 is 4.85. The first-order chi connectivity index (χ1) is 9.77. The summed E-state index contributed by atoms with van der Waals surface area (Å²) in [4.78, 5) is 11.6. The van der Waals surface area contributed by atoms with Gasteiger partial charge in [0.1, 0.15) is 0 Å². The molecule has 0 aliphatic carbocycles. The second-order valence-corrected chi connectivity index (χ2v) is 4.38. The number of nitrogens with one attached hydrogen (secondary N) is 1.